The first-order valence-electron chi connectivity index (χ1n) is 7.16. The van der Waals surface area contributed by atoms with Gasteiger partial charge in [0.2, 0.25) is 5.89 Å². The van der Waals surface area contributed by atoms with Gasteiger partial charge < -0.3 is 19.9 Å². The van der Waals surface area contributed by atoms with Gasteiger partial charge in [-0.2, -0.15) is 4.98 Å². The minimum absolute atomic E-state index is 0.248. The highest BCUT2D eigenvalue weighted by molar-refractivity contribution is 5.67. The van der Waals surface area contributed by atoms with Crippen molar-refractivity contribution in [3.05, 3.63) is 11.7 Å². The molecule has 2 rings (SSSR count). The molecule has 0 atom stereocenters. The van der Waals surface area contributed by atoms with Crippen LogP contribution in [-0.4, -0.2) is 58.8 Å². The molecule has 0 radical (unpaired) electrons. The van der Waals surface area contributed by atoms with Crippen molar-refractivity contribution in [1.82, 2.24) is 19.9 Å². The summed E-state index contributed by atoms with van der Waals surface area (Å²) < 4.78 is 10.2. The van der Waals surface area contributed by atoms with Gasteiger partial charge in [-0.15, -0.1) is 0 Å². The van der Waals surface area contributed by atoms with E-state index < -0.39 is 5.54 Å². The maximum Gasteiger partial charge on any atom is 0.409 e. The summed E-state index contributed by atoms with van der Waals surface area (Å²) in [4.78, 5) is 19.8. The van der Waals surface area contributed by atoms with Crippen LogP contribution < -0.4 is 5.73 Å². The molecule has 1 saturated heterocycles. The number of hydrogen-bond donors (Lipinski definition) is 1. The number of amides is 1. The van der Waals surface area contributed by atoms with Gasteiger partial charge in [-0.05, 0) is 20.8 Å². The van der Waals surface area contributed by atoms with Crippen molar-refractivity contribution in [3.8, 4) is 0 Å². The van der Waals surface area contributed by atoms with Crippen molar-refractivity contribution in [3.63, 3.8) is 0 Å². The summed E-state index contributed by atoms with van der Waals surface area (Å²) in [5, 5.41) is 3.90. The van der Waals surface area contributed by atoms with Crippen molar-refractivity contribution in [2.24, 2.45) is 5.73 Å². The zero-order chi connectivity index (χ0) is 15.5. The van der Waals surface area contributed by atoms with Gasteiger partial charge >= 0.3 is 6.09 Å². The SMILES string of the molecule is CCOC(=O)N1CCN(Cc2nc(C(C)(C)N)no2)CC1. The predicted molar refractivity (Wildman–Crippen MR) is 75.4 cm³/mol. The largest absolute Gasteiger partial charge is 0.450 e. The lowest BCUT2D eigenvalue weighted by Crippen LogP contribution is -2.48. The van der Waals surface area contributed by atoms with Crippen LogP contribution in [0, 0.1) is 0 Å². The number of piperazine rings is 1. The molecule has 8 heteroatoms. The second kappa shape index (κ2) is 6.40. The molecule has 1 fully saturated rings. The third-order valence-electron chi connectivity index (χ3n) is 3.30. The van der Waals surface area contributed by atoms with Crippen molar-refractivity contribution >= 4 is 6.09 Å². The number of rotatable bonds is 4. The smallest absolute Gasteiger partial charge is 0.409 e. The molecule has 2 heterocycles. The molecule has 1 aliphatic rings. The molecule has 118 valence electrons. The standard InChI is InChI=1S/C13H23N5O3/c1-4-20-12(19)18-7-5-17(6-8-18)9-10-15-11(16-21-10)13(2,3)14/h4-9,14H2,1-3H3. The van der Waals surface area contributed by atoms with Crippen molar-refractivity contribution < 1.29 is 14.1 Å². The Balaban J connectivity index is 1.83. The fraction of sp³-hybridized carbons (Fsp3) is 0.769. The minimum Gasteiger partial charge on any atom is -0.450 e. The third kappa shape index (κ3) is 4.15. The second-order valence-electron chi connectivity index (χ2n) is 5.70. The van der Waals surface area contributed by atoms with Crippen LogP contribution in [0.1, 0.15) is 32.5 Å². The van der Waals surface area contributed by atoms with Crippen LogP contribution >= 0.6 is 0 Å². The lowest BCUT2D eigenvalue weighted by atomic mass is 10.1. The van der Waals surface area contributed by atoms with Gasteiger partial charge in [0.15, 0.2) is 5.82 Å². The number of hydrogen-bond acceptors (Lipinski definition) is 7. The van der Waals surface area contributed by atoms with Crippen LogP contribution in [-0.2, 0) is 16.8 Å². The maximum absolute atomic E-state index is 11.6. The van der Waals surface area contributed by atoms with E-state index in [4.69, 9.17) is 15.0 Å². The average molecular weight is 297 g/mol. The van der Waals surface area contributed by atoms with Gasteiger partial charge in [-0.1, -0.05) is 5.16 Å². The number of carbonyl (C=O) groups excluding carboxylic acids is 1. The van der Waals surface area contributed by atoms with E-state index in [2.05, 4.69) is 15.0 Å². The van der Waals surface area contributed by atoms with Crippen LogP contribution in [0.3, 0.4) is 0 Å². The molecule has 0 saturated carbocycles. The number of aromatic nitrogens is 2. The predicted octanol–water partition coefficient (Wildman–Crippen LogP) is 0.538. The molecule has 1 aromatic rings. The summed E-state index contributed by atoms with van der Waals surface area (Å²) in [7, 11) is 0. The van der Waals surface area contributed by atoms with Crippen molar-refractivity contribution in [2.75, 3.05) is 32.8 Å². The molecular weight excluding hydrogens is 274 g/mol. The summed E-state index contributed by atoms with van der Waals surface area (Å²) in [6, 6.07) is 0. The summed E-state index contributed by atoms with van der Waals surface area (Å²) in [5.41, 5.74) is 5.32. The molecule has 1 amide bonds. The van der Waals surface area contributed by atoms with E-state index in [1.165, 1.54) is 0 Å². The Kier molecular flexibility index (Phi) is 4.79. The van der Waals surface area contributed by atoms with Crippen LogP contribution in [0.15, 0.2) is 4.52 Å². The highest BCUT2D eigenvalue weighted by Gasteiger charge is 2.25. The first-order valence-corrected chi connectivity index (χ1v) is 7.16. The van der Waals surface area contributed by atoms with Crippen molar-refractivity contribution in [2.45, 2.75) is 32.9 Å². The van der Waals surface area contributed by atoms with Gasteiger partial charge in [0.05, 0.1) is 18.7 Å². The zero-order valence-electron chi connectivity index (χ0n) is 12.8. The number of nitrogens with zero attached hydrogens (tertiary/aromatic N) is 4. The van der Waals surface area contributed by atoms with E-state index in [1.807, 2.05) is 13.8 Å². The minimum atomic E-state index is -0.607. The molecule has 0 aromatic carbocycles. The first-order chi connectivity index (χ1) is 9.90. The number of carbonyl (C=O) groups is 1. The Hall–Kier alpha value is -1.67. The van der Waals surface area contributed by atoms with Gasteiger partial charge in [0, 0.05) is 26.2 Å². The molecule has 0 aliphatic carbocycles. The Morgan fingerprint density at radius 3 is 2.57 bits per heavy atom. The third-order valence-corrected chi connectivity index (χ3v) is 3.30. The lowest BCUT2D eigenvalue weighted by Gasteiger charge is -2.33. The van der Waals surface area contributed by atoms with E-state index in [1.54, 1.807) is 11.8 Å². The highest BCUT2D eigenvalue weighted by Crippen LogP contribution is 2.14. The van der Waals surface area contributed by atoms with E-state index >= 15 is 0 Å². The number of ether oxygens (including phenoxy) is 1. The molecule has 0 bridgehead atoms. The van der Waals surface area contributed by atoms with E-state index in [0.29, 0.717) is 38.0 Å². The molecule has 1 aliphatic heterocycles. The van der Waals surface area contributed by atoms with Crippen LogP contribution in [0.4, 0.5) is 4.79 Å². The van der Waals surface area contributed by atoms with Crippen molar-refractivity contribution in [1.29, 1.82) is 0 Å². The van der Waals surface area contributed by atoms with Crippen LogP contribution in [0.25, 0.3) is 0 Å². The molecular formula is C13H23N5O3. The Morgan fingerprint density at radius 2 is 2.05 bits per heavy atom. The molecule has 0 unspecified atom stereocenters. The topological polar surface area (TPSA) is 97.7 Å². The van der Waals surface area contributed by atoms with Gasteiger partial charge in [-0.25, -0.2) is 4.79 Å². The zero-order valence-corrected chi connectivity index (χ0v) is 12.8. The van der Waals surface area contributed by atoms with E-state index in [0.717, 1.165) is 13.1 Å². The quantitative estimate of drug-likeness (QED) is 0.866. The van der Waals surface area contributed by atoms with E-state index in [9.17, 15) is 4.79 Å². The normalized spacial score (nSPS) is 17.0. The van der Waals surface area contributed by atoms with Gasteiger partial charge in [-0.3, -0.25) is 4.90 Å². The molecule has 2 N–H and O–H groups in total. The summed E-state index contributed by atoms with van der Waals surface area (Å²) >= 11 is 0. The molecule has 21 heavy (non-hydrogen) atoms. The molecule has 0 spiro atoms. The van der Waals surface area contributed by atoms with Gasteiger partial charge in [0.1, 0.15) is 0 Å². The highest BCUT2D eigenvalue weighted by atomic mass is 16.6. The fourth-order valence-corrected chi connectivity index (χ4v) is 2.08. The number of nitrogens with two attached hydrogens (primary N) is 1. The van der Waals surface area contributed by atoms with Gasteiger partial charge in [0.25, 0.3) is 0 Å². The second-order valence-corrected chi connectivity index (χ2v) is 5.70. The Bertz CT molecular complexity index is 474. The van der Waals surface area contributed by atoms with Crippen LogP contribution in [0.5, 0.6) is 0 Å². The Labute approximate surface area is 124 Å². The summed E-state index contributed by atoms with van der Waals surface area (Å²) in [5.74, 6) is 1.05. The lowest BCUT2D eigenvalue weighted by molar-refractivity contribution is 0.0749. The first kappa shape index (κ1) is 15.7. The monoisotopic (exact) mass is 297 g/mol. The van der Waals surface area contributed by atoms with E-state index in [-0.39, 0.29) is 6.09 Å². The molecule has 8 nitrogen and oxygen atoms in total. The Morgan fingerprint density at radius 1 is 1.38 bits per heavy atom. The summed E-state index contributed by atoms with van der Waals surface area (Å²) in [6.07, 6.45) is -0.248. The maximum atomic E-state index is 11.6. The van der Waals surface area contributed by atoms with Crippen LogP contribution in [0.2, 0.25) is 0 Å². The summed E-state index contributed by atoms with van der Waals surface area (Å²) in [6.45, 7) is 9.23. The average Bonchev–Trinajstić information content (AvgIpc) is 2.88. The molecule has 1 aromatic heterocycles. The fourth-order valence-electron chi connectivity index (χ4n) is 2.08.